The molecule has 2 N–H and O–H groups in total. The largest absolute Gasteiger partial charge is 0.508 e. The van der Waals surface area contributed by atoms with Gasteiger partial charge in [0.2, 0.25) is 17.7 Å². The number of thiazole rings is 1. The van der Waals surface area contributed by atoms with Crippen LogP contribution in [0.25, 0.3) is 0 Å². The number of aromatic hydroxyl groups is 1. The molecule has 3 amide bonds. The molecular formula is C32H28N4O7S2. The zero-order valence-corrected chi connectivity index (χ0v) is 26.1. The monoisotopic (exact) mass is 644 g/mol. The Morgan fingerprint density at radius 1 is 0.956 bits per heavy atom. The summed E-state index contributed by atoms with van der Waals surface area (Å²) in [4.78, 5) is 66.3. The number of nitro groups is 1. The number of nitrogens with zero attached hydrogens (tertiary/aromatic N) is 3. The molecule has 45 heavy (non-hydrogen) atoms. The van der Waals surface area contributed by atoms with E-state index in [1.54, 1.807) is 0 Å². The number of amides is 3. The van der Waals surface area contributed by atoms with Gasteiger partial charge in [-0.25, -0.2) is 4.90 Å². The first-order valence-electron chi connectivity index (χ1n) is 14.1. The molecule has 3 aromatic carbocycles. The van der Waals surface area contributed by atoms with E-state index in [0.29, 0.717) is 15.6 Å². The molecule has 0 saturated carbocycles. The lowest BCUT2D eigenvalue weighted by Crippen LogP contribution is -2.33. The molecule has 2 aliphatic rings. The first-order chi connectivity index (χ1) is 21.3. The Hall–Kier alpha value is -4.75. The van der Waals surface area contributed by atoms with Crippen molar-refractivity contribution in [3.63, 3.8) is 0 Å². The maximum Gasteiger partial charge on any atom is 0.308 e. The van der Waals surface area contributed by atoms with E-state index in [1.165, 1.54) is 53.1 Å². The van der Waals surface area contributed by atoms with E-state index in [-0.39, 0.29) is 29.1 Å². The Morgan fingerprint density at radius 2 is 1.60 bits per heavy atom. The fourth-order valence-electron chi connectivity index (χ4n) is 5.67. The number of imide groups is 1. The molecule has 3 heterocycles. The van der Waals surface area contributed by atoms with Crippen molar-refractivity contribution >= 4 is 57.9 Å². The van der Waals surface area contributed by atoms with E-state index in [4.69, 9.17) is 0 Å². The standard InChI is InChI=1S/C32H28N4O7S2/c1-32(2,3)18-6-4-17(5-7-18)24-25-26(29(40)35(28(25)39)20-10-12-21(13-11-20)36(42)43)44-30-27(24)45-31(41)34(30)16-23(38)33-19-8-14-22(37)15-9-19/h4-15,24-26,37H,16H2,1-3H3,(H,33,38). The van der Waals surface area contributed by atoms with Gasteiger partial charge < -0.3 is 10.4 Å². The zero-order chi connectivity index (χ0) is 32.2. The molecule has 1 fully saturated rings. The summed E-state index contributed by atoms with van der Waals surface area (Å²) in [6.07, 6.45) is 0. The van der Waals surface area contributed by atoms with Crippen molar-refractivity contribution in [3.8, 4) is 5.75 Å². The number of phenolic OH excluding ortho intramolecular Hbond substituents is 1. The van der Waals surface area contributed by atoms with Gasteiger partial charge in [-0.05, 0) is 52.9 Å². The van der Waals surface area contributed by atoms with Crippen molar-refractivity contribution in [2.45, 2.75) is 48.9 Å². The fourth-order valence-corrected chi connectivity index (χ4v) is 8.44. The highest BCUT2D eigenvalue weighted by Gasteiger charge is 2.56. The molecule has 11 nitrogen and oxygen atoms in total. The van der Waals surface area contributed by atoms with Gasteiger partial charge in [0.05, 0.1) is 21.6 Å². The summed E-state index contributed by atoms with van der Waals surface area (Å²) in [5, 5.41) is 23.0. The number of benzene rings is 3. The van der Waals surface area contributed by atoms with Crippen LogP contribution in [0.1, 0.15) is 42.7 Å². The molecule has 0 bridgehead atoms. The van der Waals surface area contributed by atoms with Crippen molar-refractivity contribution in [1.82, 2.24) is 4.57 Å². The molecule has 3 atom stereocenters. The lowest BCUT2D eigenvalue weighted by Gasteiger charge is -2.31. The van der Waals surface area contributed by atoms with Crippen LogP contribution in [-0.4, -0.2) is 37.6 Å². The lowest BCUT2D eigenvalue weighted by molar-refractivity contribution is -0.384. The van der Waals surface area contributed by atoms with Gasteiger partial charge in [0.15, 0.2) is 0 Å². The summed E-state index contributed by atoms with van der Waals surface area (Å²) >= 11 is 2.04. The molecule has 4 aromatic rings. The topological polar surface area (TPSA) is 152 Å². The average Bonchev–Trinajstić information content (AvgIpc) is 3.44. The van der Waals surface area contributed by atoms with Gasteiger partial charge in [-0.1, -0.05) is 68.1 Å². The van der Waals surface area contributed by atoms with Crippen molar-refractivity contribution in [2.75, 3.05) is 10.2 Å². The number of carbonyl (C=O) groups excluding carboxylic acids is 3. The summed E-state index contributed by atoms with van der Waals surface area (Å²) in [5.74, 6) is -2.87. The summed E-state index contributed by atoms with van der Waals surface area (Å²) in [7, 11) is 0. The molecular weight excluding hydrogens is 617 g/mol. The molecule has 0 radical (unpaired) electrons. The molecule has 1 aromatic heterocycles. The van der Waals surface area contributed by atoms with E-state index in [2.05, 4.69) is 26.1 Å². The van der Waals surface area contributed by atoms with Gasteiger partial charge in [0.25, 0.3) is 5.69 Å². The zero-order valence-electron chi connectivity index (χ0n) is 24.4. The molecule has 2 aliphatic heterocycles. The molecule has 6 rings (SSSR count). The highest BCUT2D eigenvalue weighted by molar-refractivity contribution is 8.00. The van der Waals surface area contributed by atoms with Crippen LogP contribution in [0.15, 0.2) is 82.6 Å². The van der Waals surface area contributed by atoms with E-state index < -0.39 is 44.6 Å². The van der Waals surface area contributed by atoms with Crippen molar-refractivity contribution in [2.24, 2.45) is 5.92 Å². The maximum absolute atomic E-state index is 14.1. The molecule has 3 unspecified atom stereocenters. The molecule has 0 spiro atoms. The molecule has 13 heteroatoms. The Bertz CT molecular complexity index is 1890. The van der Waals surface area contributed by atoms with Crippen LogP contribution in [0.3, 0.4) is 0 Å². The highest BCUT2D eigenvalue weighted by Crippen LogP contribution is 2.54. The summed E-state index contributed by atoms with van der Waals surface area (Å²) in [6.45, 7) is 5.94. The van der Waals surface area contributed by atoms with Crippen LogP contribution < -0.4 is 15.1 Å². The van der Waals surface area contributed by atoms with Crippen molar-refractivity contribution < 1.29 is 24.4 Å². The number of hydrogen-bond acceptors (Lipinski definition) is 9. The second-order valence-electron chi connectivity index (χ2n) is 11.9. The fraction of sp³-hybridized carbons (Fsp3) is 0.250. The summed E-state index contributed by atoms with van der Waals surface area (Å²) < 4.78 is 1.33. The first-order valence-corrected chi connectivity index (χ1v) is 15.7. The number of thioether (sulfide) groups is 1. The molecule has 0 aliphatic carbocycles. The third-order valence-electron chi connectivity index (χ3n) is 7.96. The molecule has 1 saturated heterocycles. The van der Waals surface area contributed by atoms with Gasteiger partial charge in [0.1, 0.15) is 17.5 Å². The maximum atomic E-state index is 14.1. The Morgan fingerprint density at radius 3 is 2.20 bits per heavy atom. The highest BCUT2D eigenvalue weighted by atomic mass is 32.2. The number of aromatic nitrogens is 1. The van der Waals surface area contributed by atoms with Crippen LogP contribution >= 0.6 is 23.1 Å². The predicted octanol–water partition coefficient (Wildman–Crippen LogP) is 5.26. The van der Waals surface area contributed by atoms with Gasteiger partial charge >= 0.3 is 4.87 Å². The second-order valence-corrected chi connectivity index (χ2v) is 14.0. The second kappa shape index (κ2) is 11.3. The quantitative estimate of drug-likeness (QED) is 0.125. The summed E-state index contributed by atoms with van der Waals surface area (Å²) in [5.41, 5.74) is 2.20. The number of nitro benzene ring substituents is 1. The van der Waals surface area contributed by atoms with Crippen LogP contribution in [0.4, 0.5) is 17.1 Å². The van der Waals surface area contributed by atoms with Crippen LogP contribution in [0, 0.1) is 16.0 Å². The van der Waals surface area contributed by atoms with Gasteiger partial charge in [0, 0.05) is 28.6 Å². The number of rotatable bonds is 6. The minimum atomic E-state index is -0.895. The number of anilines is 2. The van der Waals surface area contributed by atoms with Gasteiger partial charge in [-0.15, -0.1) is 0 Å². The first kappa shape index (κ1) is 30.3. The minimum absolute atomic E-state index is 0.0437. The van der Waals surface area contributed by atoms with E-state index in [9.17, 15) is 34.4 Å². The number of hydrogen-bond donors (Lipinski definition) is 2. The average molecular weight is 645 g/mol. The summed E-state index contributed by atoms with van der Waals surface area (Å²) in [6, 6.07) is 19.0. The van der Waals surface area contributed by atoms with Crippen molar-refractivity contribution in [1.29, 1.82) is 0 Å². The minimum Gasteiger partial charge on any atom is -0.508 e. The number of carbonyl (C=O) groups is 3. The molecule has 230 valence electrons. The third-order valence-corrected chi connectivity index (χ3v) is 10.6. The van der Waals surface area contributed by atoms with Crippen LogP contribution in [-0.2, 0) is 26.3 Å². The third kappa shape index (κ3) is 5.53. The Balaban J connectivity index is 1.41. The van der Waals surface area contributed by atoms with E-state index in [1.807, 2.05) is 24.3 Å². The van der Waals surface area contributed by atoms with Gasteiger partial charge in [-0.3, -0.25) is 33.9 Å². The van der Waals surface area contributed by atoms with Crippen LogP contribution in [0.5, 0.6) is 5.75 Å². The smallest absolute Gasteiger partial charge is 0.308 e. The number of non-ortho nitro benzene ring substituents is 1. The van der Waals surface area contributed by atoms with E-state index >= 15 is 0 Å². The SMILES string of the molecule is CC(C)(C)c1ccc(C2c3sc(=O)n(CC(=O)Nc4ccc(O)cc4)c3SC3C(=O)N(c4ccc([N+](=O)[O-])cc4)C(=O)C32)cc1. The predicted molar refractivity (Wildman–Crippen MR) is 171 cm³/mol. The van der Waals surface area contributed by atoms with Gasteiger partial charge in [-0.2, -0.15) is 0 Å². The Kier molecular flexibility index (Phi) is 7.61. The van der Waals surface area contributed by atoms with Crippen molar-refractivity contribution in [3.05, 3.63) is 109 Å². The number of fused-ring (bicyclic) bond motifs is 2. The number of phenols is 1. The van der Waals surface area contributed by atoms with E-state index in [0.717, 1.165) is 39.1 Å². The normalized spacial score (nSPS) is 19.3. The Labute approximate surface area is 265 Å². The van der Waals surface area contributed by atoms with Crippen LogP contribution in [0.2, 0.25) is 0 Å². The number of nitrogens with one attached hydrogen (secondary N) is 1. The lowest BCUT2D eigenvalue weighted by atomic mass is 9.81.